The highest BCUT2D eigenvalue weighted by atomic mass is 19.1. The number of allylic oxidation sites excluding steroid dienone is 2. The zero-order valence-corrected chi connectivity index (χ0v) is 30.4. The first-order chi connectivity index (χ1) is 24.8. The Kier molecular flexibility index (Phi) is 12.1. The van der Waals surface area contributed by atoms with Crippen LogP contribution in [0.1, 0.15) is 81.4 Å². The summed E-state index contributed by atoms with van der Waals surface area (Å²) in [7, 11) is 0. The van der Waals surface area contributed by atoms with Gasteiger partial charge in [-0.3, -0.25) is 19.2 Å². The number of fused-ring (bicyclic) bond motifs is 1. The summed E-state index contributed by atoms with van der Waals surface area (Å²) >= 11 is 0. The molecule has 278 valence electrons. The van der Waals surface area contributed by atoms with Gasteiger partial charge < -0.3 is 25.2 Å². The number of hydrogen-bond donors (Lipinski definition) is 3. The molecule has 1 unspecified atom stereocenters. The number of aromatic amines is 1. The molecule has 2 heterocycles. The summed E-state index contributed by atoms with van der Waals surface area (Å²) in [6, 6.07) is 11.4. The Labute approximate surface area is 303 Å². The lowest BCUT2D eigenvalue weighted by atomic mass is 9.66. The average molecular weight is 717 g/mol. The maximum atomic E-state index is 15.0. The molecule has 1 aliphatic heterocycles. The number of halogens is 1. The number of nitrogens with zero attached hydrogens (tertiary/aromatic N) is 3. The van der Waals surface area contributed by atoms with Gasteiger partial charge in [-0.2, -0.15) is 5.10 Å². The molecule has 4 amide bonds. The van der Waals surface area contributed by atoms with E-state index in [-0.39, 0.29) is 74.7 Å². The van der Waals surface area contributed by atoms with Crippen LogP contribution in [0.15, 0.2) is 59.4 Å². The van der Waals surface area contributed by atoms with Crippen LogP contribution in [0.5, 0.6) is 0 Å². The number of ether oxygens (including phenoxy) is 1. The van der Waals surface area contributed by atoms with Gasteiger partial charge in [-0.25, -0.2) is 14.3 Å². The third-order valence-electron chi connectivity index (χ3n) is 10.6. The zero-order valence-electron chi connectivity index (χ0n) is 30.4. The van der Waals surface area contributed by atoms with Crippen LogP contribution in [-0.2, 0) is 20.7 Å². The largest absolute Gasteiger partial charge is 0.446 e. The fraction of sp³-hybridized carbons (Fsp3) is 0.487. The van der Waals surface area contributed by atoms with Gasteiger partial charge in [-0.1, -0.05) is 50.3 Å². The highest BCUT2D eigenvalue weighted by molar-refractivity contribution is 5.95. The number of carbonyl (C=O) groups is 4. The minimum absolute atomic E-state index is 0.0795. The summed E-state index contributed by atoms with van der Waals surface area (Å²) in [5.41, 5.74) is -1.35. The van der Waals surface area contributed by atoms with Crippen molar-refractivity contribution in [3.63, 3.8) is 0 Å². The molecular formula is C39H49FN6O6. The summed E-state index contributed by atoms with van der Waals surface area (Å²) < 4.78 is 20.6. The van der Waals surface area contributed by atoms with Crippen LogP contribution in [0.3, 0.4) is 0 Å². The molecule has 52 heavy (non-hydrogen) atoms. The van der Waals surface area contributed by atoms with Crippen molar-refractivity contribution < 1.29 is 28.3 Å². The number of piperazine rings is 1. The normalized spacial score (nSPS) is 16.9. The Bertz CT molecular complexity index is 1880. The van der Waals surface area contributed by atoms with E-state index >= 15 is 4.39 Å². The van der Waals surface area contributed by atoms with E-state index in [0.29, 0.717) is 22.0 Å². The first-order valence-electron chi connectivity index (χ1n) is 18.0. The number of benzene rings is 2. The molecule has 3 N–H and O–H groups in total. The number of nitrogens with one attached hydrogen (secondary N) is 3. The van der Waals surface area contributed by atoms with E-state index in [0.717, 1.165) is 32.1 Å². The number of hydrogen-bond acceptors (Lipinski definition) is 7. The van der Waals surface area contributed by atoms with Gasteiger partial charge in [0.15, 0.2) is 0 Å². The zero-order chi connectivity index (χ0) is 37.5. The summed E-state index contributed by atoms with van der Waals surface area (Å²) in [5.74, 6) is -1.70. The molecule has 3 aromatic rings. The second-order valence-corrected chi connectivity index (χ2v) is 14.6. The van der Waals surface area contributed by atoms with Gasteiger partial charge in [0.25, 0.3) is 11.5 Å². The lowest BCUT2D eigenvalue weighted by molar-refractivity contribution is -0.155. The second-order valence-electron chi connectivity index (χ2n) is 14.6. The molecule has 1 saturated heterocycles. The number of amides is 4. The summed E-state index contributed by atoms with van der Waals surface area (Å²) in [6.45, 7) is 8.09. The predicted octanol–water partition coefficient (Wildman–Crippen LogP) is 4.72. The molecule has 0 saturated carbocycles. The Morgan fingerprint density at radius 1 is 0.885 bits per heavy atom. The van der Waals surface area contributed by atoms with E-state index in [9.17, 15) is 24.0 Å². The number of rotatable bonds is 10. The minimum atomic E-state index is -1.11. The maximum absolute atomic E-state index is 15.0. The van der Waals surface area contributed by atoms with Gasteiger partial charge in [-0.05, 0) is 69.7 Å². The van der Waals surface area contributed by atoms with Gasteiger partial charge in [0, 0.05) is 51.1 Å². The summed E-state index contributed by atoms with van der Waals surface area (Å²) in [5, 5.41) is 13.4. The molecule has 1 fully saturated rings. The van der Waals surface area contributed by atoms with Gasteiger partial charge >= 0.3 is 6.09 Å². The molecule has 0 bridgehead atoms. The lowest BCUT2D eigenvalue weighted by Gasteiger charge is -2.44. The highest BCUT2D eigenvalue weighted by Gasteiger charge is 2.50. The minimum Gasteiger partial charge on any atom is -0.446 e. The van der Waals surface area contributed by atoms with E-state index in [4.69, 9.17) is 4.74 Å². The van der Waals surface area contributed by atoms with Gasteiger partial charge in [0.05, 0.1) is 27.5 Å². The molecule has 2 aliphatic rings. The van der Waals surface area contributed by atoms with Crippen LogP contribution in [0.25, 0.3) is 10.8 Å². The monoisotopic (exact) mass is 716 g/mol. The fourth-order valence-corrected chi connectivity index (χ4v) is 6.57. The van der Waals surface area contributed by atoms with Crippen molar-refractivity contribution in [2.45, 2.75) is 72.3 Å². The average Bonchev–Trinajstić information content (AvgIpc) is 3.12. The summed E-state index contributed by atoms with van der Waals surface area (Å²) in [6.07, 6.45) is 8.33. The molecule has 1 aromatic heterocycles. The van der Waals surface area contributed by atoms with E-state index in [1.165, 1.54) is 17.0 Å². The van der Waals surface area contributed by atoms with Crippen molar-refractivity contribution in [2.75, 3.05) is 39.3 Å². The Hall–Kier alpha value is -5.07. The van der Waals surface area contributed by atoms with Crippen molar-refractivity contribution in [1.82, 2.24) is 30.6 Å². The Morgan fingerprint density at radius 3 is 2.31 bits per heavy atom. The van der Waals surface area contributed by atoms with Crippen molar-refractivity contribution in [2.24, 2.45) is 10.8 Å². The van der Waals surface area contributed by atoms with Crippen LogP contribution >= 0.6 is 0 Å². The second kappa shape index (κ2) is 16.5. The predicted molar refractivity (Wildman–Crippen MR) is 195 cm³/mol. The molecule has 0 spiro atoms. The molecule has 1 atom stereocenters. The van der Waals surface area contributed by atoms with Gasteiger partial charge in [0.1, 0.15) is 11.9 Å². The first-order valence-corrected chi connectivity index (χ1v) is 18.0. The van der Waals surface area contributed by atoms with Crippen molar-refractivity contribution >= 4 is 34.6 Å². The molecule has 13 heteroatoms. The molecule has 2 aromatic carbocycles. The molecule has 1 aliphatic carbocycles. The van der Waals surface area contributed by atoms with Gasteiger partial charge in [-0.15, -0.1) is 0 Å². The number of aromatic nitrogens is 2. The number of H-pyrrole nitrogens is 1. The topological polar surface area (TPSA) is 154 Å². The maximum Gasteiger partial charge on any atom is 0.407 e. The molecule has 0 radical (unpaired) electrons. The van der Waals surface area contributed by atoms with Crippen molar-refractivity contribution in [1.29, 1.82) is 0 Å². The van der Waals surface area contributed by atoms with Crippen LogP contribution in [-0.4, -0.2) is 89.2 Å². The van der Waals surface area contributed by atoms with E-state index < -0.39 is 28.6 Å². The first kappa shape index (κ1) is 38.2. The SMILES string of the molecule is CC(C)(C(=O)NCCNC(=O)OC1CCC=CCCC1)C(C)(C)C(=O)N1CCN(C(=O)c2cc(Cc3n[nH]c(=O)c4ccccc34)ccc2F)CC1. The number of carbonyl (C=O) groups excluding carboxylic acids is 4. The van der Waals surface area contributed by atoms with Crippen LogP contribution in [0.4, 0.5) is 9.18 Å². The highest BCUT2D eigenvalue weighted by Crippen LogP contribution is 2.40. The van der Waals surface area contributed by atoms with Gasteiger partial charge in [0.2, 0.25) is 11.8 Å². The summed E-state index contributed by atoms with van der Waals surface area (Å²) in [4.78, 5) is 68.4. The smallest absolute Gasteiger partial charge is 0.407 e. The van der Waals surface area contributed by atoms with E-state index in [1.54, 1.807) is 56.9 Å². The molecular weight excluding hydrogens is 667 g/mol. The molecule has 12 nitrogen and oxygen atoms in total. The van der Waals surface area contributed by atoms with Crippen LogP contribution < -0.4 is 16.2 Å². The third kappa shape index (κ3) is 8.68. The Balaban J connectivity index is 1.12. The van der Waals surface area contributed by atoms with E-state index in [2.05, 4.69) is 33.0 Å². The van der Waals surface area contributed by atoms with E-state index in [1.807, 2.05) is 6.07 Å². The third-order valence-corrected chi connectivity index (χ3v) is 10.6. The fourth-order valence-electron chi connectivity index (χ4n) is 6.57. The van der Waals surface area contributed by atoms with Crippen molar-refractivity contribution in [3.05, 3.63) is 87.6 Å². The Morgan fingerprint density at radius 2 is 1.56 bits per heavy atom. The molecule has 5 rings (SSSR count). The van der Waals surface area contributed by atoms with Crippen LogP contribution in [0.2, 0.25) is 0 Å². The van der Waals surface area contributed by atoms with Crippen LogP contribution in [0, 0.1) is 16.6 Å². The van der Waals surface area contributed by atoms with Crippen molar-refractivity contribution in [3.8, 4) is 0 Å². The standard InChI is InChI=1S/C39H49FN6O6/c1-38(2,35(49)41-18-19-42-37(51)52-27-12-8-6-5-7-9-13-27)39(3,4)36(50)46-22-20-45(21-23-46)34(48)30-24-26(16-17-31(30)40)25-32-28-14-10-11-15-29(28)33(47)44-43-32/h5-6,10-11,14-17,24,27H,7-9,12-13,18-23,25H2,1-4H3,(H,41,49)(H,42,51)(H,44,47). The quantitative estimate of drug-likeness (QED) is 0.203. The lowest BCUT2D eigenvalue weighted by Crippen LogP contribution is -2.58. The number of alkyl carbamates (subject to hydrolysis) is 1.